The zero-order valence-electron chi connectivity index (χ0n) is 13.3. The third-order valence-electron chi connectivity index (χ3n) is 2.84. The number of aromatic hydroxyl groups is 2. The zero-order chi connectivity index (χ0) is 17.1. The van der Waals surface area contributed by atoms with E-state index in [1.807, 2.05) is 56.3 Å². The van der Waals surface area contributed by atoms with E-state index < -0.39 is 0 Å². The van der Waals surface area contributed by atoms with Crippen molar-refractivity contribution in [2.24, 2.45) is 0 Å². The topological polar surface area (TPSA) is 40.5 Å². The molecule has 0 spiro atoms. The van der Waals surface area contributed by atoms with E-state index in [2.05, 4.69) is 0 Å². The van der Waals surface area contributed by atoms with Crippen molar-refractivity contribution in [2.45, 2.75) is 13.8 Å². The molecule has 0 saturated heterocycles. The molecule has 2 N–H and O–H groups in total. The normalized spacial score (nSPS) is 9.00. The van der Waals surface area contributed by atoms with Gasteiger partial charge in [0, 0.05) is 5.02 Å². The molecule has 23 heavy (non-hydrogen) atoms. The summed E-state index contributed by atoms with van der Waals surface area (Å²) < 4.78 is 0. The van der Waals surface area contributed by atoms with Crippen molar-refractivity contribution < 1.29 is 10.2 Å². The van der Waals surface area contributed by atoms with Crippen molar-refractivity contribution in [1.82, 2.24) is 0 Å². The Morgan fingerprint density at radius 3 is 1.26 bits per heavy atom. The highest BCUT2D eigenvalue weighted by Gasteiger charge is 1.99. The van der Waals surface area contributed by atoms with Gasteiger partial charge in [-0.25, -0.2) is 0 Å². The number of halogens is 1. The van der Waals surface area contributed by atoms with Crippen molar-refractivity contribution in [3.05, 3.63) is 95.0 Å². The third kappa shape index (κ3) is 7.93. The van der Waals surface area contributed by atoms with E-state index in [9.17, 15) is 0 Å². The molecule has 0 amide bonds. The Labute approximate surface area is 142 Å². The number of phenolic OH excluding ortho intramolecular Hbond substituents is 2. The van der Waals surface area contributed by atoms with E-state index in [1.165, 1.54) is 0 Å². The first-order chi connectivity index (χ1) is 11.0. The Bertz CT molecular complexity index is 633. The Hall–Kier alpha value is -2.45. The van der Waals surface area contributed by atoms with Gasteiger partial charge < -0.3 is 10.2 Å². The summed E-state index contributed by atoms with van der Waals surface area (Å²) in [4.78, 5) is 0. The number of hydrogen-bond acceptors (Lipinski definition) is 2. The maximum Gasteiger partial charge on any atom is 0.116 e. The summed E-state index contributed by atoms with van der Waals surface area (Å²) >= 11 is 5.84. The fraction of sp³-hybridized carbons (Fsp3) is 0.100. The van der Waals surface area contributed by atoms with Crippen molar-refractivity contribution in [3.63, 3.8) is 0 Å². The molecule has 0 unspecified atom stereocenters. The summed E-state index contributed by atoms with van der Waals surface area (Å²) in [7, 11) is 0. The summed E-state index contributed by atoms with van der Waals surface area (Å²) in [6, 6.07) is 24.0. The second-order valence-electron chi connectivity index (χ2n) is 4.88. The van der Waals surface area contributed by atoms with Gasteiger partial charge >= 0.3 is 0 Å². The smallest absolute Gasteiger partial charge is 0.116 e. The molecule has 0 radical (unpaired) electrons. The minimum atomic E-state index is 0.277. The quantitative estimate of drug-likeness (QED) is 0.552. The third-order valence-corrected chi connectivity index (χ3v) is 3.44. The van der Waals surface area contributed by atoms with Crippen LogP contribution in [0.1, 0.15) is 11.1 Å². The Morgan fingerprint density at radius 2 is 0.957 bits per heavy atom. The molecule has 120 valence electrons. The number of benzene rings is 3. The van der Waals surface area contributed by atoms with Crippen LogP contribution in [0, 0.1) is 13.8 Å². The Balaban J connectivity index is 0.000000179. The fourth-order valence-corrected chi connectivity index (χ4v) is 1.85. The van der Waals surface area contributed by atoms with Gasteiger partial charge in [0.05, 0.1) is 0 Å². The predicted octanol–water partition coefficient (Wildman–Crippen LogP) is 5.74. The van der Waals surface area contributed by atoms with Gasteiger partial charge in [-0.2, -0.15) is 0 Å². The van der Waals surface area contributed by atoms with Crippen LogP contribution < -0.4 is 0 Å². The molecule has 2 nitrogen and oxygen atoms in total. The highest BCUT2D eigenvalue weighted by Crippen LogP contribution is 2.24. The number of para-hydroxylation sites is 1. The Morgan fingerprint density at radius 1 is 0.609 bits per heavy atom. The van der Waals surface area contributed by atoms with Gasteiger partial charge in [-0.05, 0) is 49.2 Å². The number of rotatable bonds is 0. The van der Waals surface area contributed by atoms with Crippen LogP contribution in [0.5, 0.6) is 11.5 Å². The van der Waals surface area contributed by atoms with Crippen LogP contribution >= 0.6 is 11.6 Å². The monoisotopic (exact) mass is 328 g/mol. The first-order valence-electron chi connectivity index (χ1n) is 7.20. The summed E-state index contributed by atoms with van der Waals surface area (Å²) in [5.41, 5.74) is 1.83. The Kier molecular flexibility index (Phi) is 8.33. The van der Waals surface area contributed by atoms with Gasteiger partial charge in [0.25, 0.3) is 0 Å². The molecule has 3 heteroatoms. The predicted molar refractivity (Wildman–Crippen MR) is 97.1 cm³/mol. The summed E-state index contributed by atoms with van der Waals surface area (Å²) in [6.07, 6.45) is 0. The van der Waals surface area contributed by atoms with Gasteiger partial charge in [0.1, 0.15) is 11.5 Å². The molecular weight excluding hydrogens is 308 g/mol. The van der Waals surface area contributed by atoms with Crippen LogP contribution in [0.3, 0.4) is 0 Å². The summed E-state index contributed by atoms with van der Waals surface area (Å²) in [5.74, 6) is 0.599. The highest BCUT2D eigenvalue weighted by atomic mass is 35.5. The van der Waals surface area contributed by atoms with Crippen molar-refractivity contribution >= 4 is 11.6 Å². The van der Waals surface area contributed by atoms with Gasteiger partial charge in [-0.15, -0.1) is 0 Å². The second-order valence-corrected chi connectivity index (χ2v) is 5.26. The lowest BCUT2D eigenvalue weighted by Crippen LogP contribution is -1.79. The molecule has 0 aliphatic rings. The van der Waals surface area contributed by atoms with Crippen LogP contribution in [0.4, 0.5) is 0 Å². The molecule has 0 atom stereocenters. The van der Waals surface area contributed by atoms with Crippen LogP contribution in [0.15, 0.2) is 78.9 Å². The average molecular weight is 329 g/mol. The fourth-order valence-electron chi connectivity index (χ4n) is 1.74. The molecule has 3 aromatic rings. The zero-order valence-corrected chi connectivity index (χ0v) is 14.0. The van der Waals surface area contributed by atoms with E-state index in [0.717, 1.165) is 16.1 Å². The number of aryl methyl sites for hydroxylation is 2. The van der Waals surface area contributed by atoms with Crippen LogP contribution in [0.2, 0.25) is 5.02 Å². The summed E-state index contributed by atoms with van der Waals surface area (Å²) in [6.45, 7) is 3.74. The van der Waals surface area contributed by atoms with Crippen molar-refractivity contribution in [2.75, 3.05) is 0 Å². The molecule has 0 saturated carbocycles. The standard InChI is InChI=1S/C8H9ClO.C6H6O.C6H6/c1-5-3-7(10)4-6(2)8(5)9;7-6-4-2-1-3-5-6;1-2-4-6-5-3-1/h3-4,10H,1-2H3;1-5,7H;1-6H. The maximum atomic E-state index is 9.06. The van der Waals surface area contributed by atoms with E-state index in [-0.39, 0.29) is 5.75 Å². The van der Waals surface area contributed by atoms with Crippen LogP contribution in [-0.2, 0) is 0 Å². The summed E-state index contributed by atoms with van der Waals surface area (Å²) in [5, 5.41) is 18.4. The van der Waals surface area contributed by atoms with Crippen molar-refractivity contribution in [1.29, 1.82) is 0 Å². The molecular formula is C20H21ClO2. The average Bonchev–Trinajstić information content (AvgIpc) is 2.56. The van der Waals surface area contributed by atoms with E-state index in [4.69, 9.17) is 21.8 Å². The van der Waals surface area contributed by atoms with Crippen molar-refractivity contribution in [3.8, 4) is 11.5 Å². The highest BCUT2D eigenvalue weighted by molar-refractivity contribution is 6.32. The molecule has 0 fully saturated rings. The lowest BCUT2D eigenvalue weighted by atomic mass is 10.1. The number of phenols is 2. The molecule has 0 aromatic heterocycles. The minimum absolute atomic E-state index is 0.277. The molecule has 0 aliphatic heterocycles. The molecule has 0 heterocycles. The van der Waals surface area contributed by atoms with Gasteiger partial charge in [-0.1, -0.05) is 66.2 Å². The maximum absolute atomic E-state index is 9.06. The molecule has 0 bridgehead atoms. The lowest BCUT2D eigenvalue weighted by molar-refractivity contribution is 0.474. The lowest BCUT2D eigenvalue weighted by Gasteiger charge is -2.01. The molecule has 0 aliphatic carbocycles. The molecule has 3 rings (SSSR count). The first-order valence-corrected chi connectivity index (χ1v) is 7.58. The number of hydrogen-bond donors (Lipinski definition) is 2. The largest absolute Gasteiger partial charge is 0.508 e. The van der Waals surface area contributed by atoms with Gasteiger partial charge in [0.2, 0.25) is 0 Å². The first kappa shape index (κ1) is 18.6. The van der Waals surface area contributed by atoms with Gasteiger partial charge in [-0.3, -0.25) is 0 Å². The van der Waals surface area contributed by atoms with E-state index in [1.54, 1.807) is 36.4 Å². The molecule has 3 aromatic carbocycles. The van der Waals surface area contributed by atoms with Gasteiger partial charge in [0.15, 0.2) is 0 Å². The van der Waals surface area contributed by atoms with E-state index >= 15 is 0 Å². The van der Waals surface area contributed by atoms with Crippen LogP contribution in [-0.4, -0.2) is 10.2 Å². The SMILES string of the molecule is Cc1cc(O)cc(C)c1Cl.Oc1ccccc1.c1ccccc1. The van der Waals surface area contributed by atoms with Crippen LogP contribution in [0.25, 0.3) is 0 Å². The second kappa shape index (κ2) is 10.3. The van der Waals surface area contributed by atoms with E-state index in [0.29, 0.717) is 5.75 Å². The minimum Gasteiger partial charge on any atom is -0.508 e.